The minimum atomic E-state index is -0.0766. The van der Waals surface area contributed by atoms with Crippen LogP contribution in [0.2, 0.25) is 0 Å². The number of nitrogens with one attached hydrogen (secondary N) is 1. The smallest absolute Gasteiger partial charge is 0.0702 e. The van der Waals surface area contributed by atoms with Crippen LogP contribution >= 0.6 is 0 Å². The lowest BCUT2D eigenvalue weighted by molar-refractivity contribution is 0.0737. The second kappa shape index (κ2) is 8.47. The Hall–Kier alpha value is -0.160. The van der Waals surface area contributed by atoms with E-state index in [1.165, 1.54) is 38.5 Å². The van der Waals surface area contributed by atoms with Gasteiger partial charge in [0.1, 0.15) is 0 Å². The zero-order valence-electron chi connectivity index (χ0n) is 13.9. The van der Waals surface area contributed by atoms with E-state index in [9.17, 15) is 5.11 Å². The largest absolute Gasteiger partial charge is 0.394 e. The summed E-state index contributed by atoms with van der Waals surface area (Å²) in [5, 5.41) is 13.2. The molecule has 0 aromatic heterocycles. The molecule has 0 spiro atoms. The topological polar surface area (TPSA) is 44.7 Å². The van der Waals surface area contributed by atoms with Crippen LogP contribution in [-0.4, -0.2) is 60.5 Å². The van der Waals surface area contributed by atoms with E-state index in [2.05, 4.69) is 24.1 Å². The number of hydrogen-bond donors (Lipinski definition) is 2. The number of ether oxygens (including phenoxy) is 1. The molecule has 2 atom stereocenters. The minimum Gasteiger partial charge on any atom is -0.394 e. The quantitative estimate of drug-likeness (QED) is 0.574. The van der Waals surface area contributed by atoms with Gasteiger partial charge in [-0.15, -0.1) is 0 Å². The Balaban J connectivity index is 1.59. The van der Waals surface area contributed by atoms with E-state index in [1.54, 1.807) is 0 Å². The molecule has 2 rings (SSSR count). The molecule has 0 aromatic carbocycles. The number of likely N-dealkylation sites (N-methyl/N-ethyl adjacent to an activating group) is 1. The van der Waals surface area contributed by atoms with Crippen molar-refractivity contribution in [3.8, 4) is 0 Å². The number of nitrogens with zero attached hydrogens (tertiary/aromatic N) is 1. The zero-order valence-corrected chi connectivity index (χ0v) is 13.9. The summed E-state index contributed by atoms with van der Waals surface area (Å²) in [4.78, 5) is 2.51. The van der Waals surface area contributed by atoms with Crippen LogP contribution in [0.15, 0.2) is 0 Å². The Kier molecular flexibility index (Phi) is 6.93. The van der Waals surface area contributed by atoms with E-state index in [0.717, 1.165) is 32.7 Å². The first kappa shape index (κ1) is 17.2. The van der Waals surface area contributed by atoms with Gasteiger partial charge in [0.15, 0.2) is 0 Å². The fourth-order valence-corrected chi connectivity index (χ4v) is 3.22. The predicted octanol–water partition coefficient (Wildman–Crippen LogP) is 2.16. The van der Waals surface area contributed by atoms with Crippen LogP contribution in [0.5, 0.6) is 0 Å². The highest BCUT2D eigenvalue weighted by atomic mass is 16.5. The van der Waals surface area contributed by atoms with Gasteiger partial charge in [-0.25, -0.2) is 0 Å². The van der Waals surface area contributed by atoms with Gasteiger partial charge in [-0.3, -0.25) is 0 Å². The molecule has 4 nitrogen and oxygen atoms in total. The van der Waals surface area contributed by atoms with Gasteiger partial charge in [0.25, 0.3) is 0 Å². The van der Waals surface area contributed by atoms with E-state index in [-0.39, 0.29) is 12.1 Å². The van der Waals surface area contributed by atoms with Crippen molar-refractivity contribution >= 4 is 0 Å². The third-order valence-electron chi connectivity index (χ3n) is 4.86. The Bertz CT molecular complexity index is 291. The third-order valence-corrected chi connectivity index (χ3v) is 4.86. The third kappa shape index (κ3) is 6.23. The first-order valence-corrected chi connectivity index (χ1v) is 8.88. The molecule has 1 saturated heterocycles. The predicted molar refractivity (Wildman–Crippen MR) is 86.6 cm³/mol. The molecule has 4 heteroatoms. The van der Waals surface area contributed by atoms with Crippen molar-refractivity contribution in [3.63, 3.8) is 0 Å². The Morgan fingerprint density at radius 1 is 1.29 bits per heavy atom. The highest BCUT2D eigenvalue weighted by Crippen LogP contribution is 2.25. The maximum atomic E-state index is 9.62. The van der Waals surface area contributed by atoms with Gasteiger partial charge >= 0.3 is 0 Å². The van der Waals surface area contributed by atoms with Crippen LogP contribution < -0.4 is 5.32 Å². The molecule has 0 aromatic rings. The van der Waals surface area contributed by atoms with Crippen molar-refractivity contribution in [2.45, 2.75) is 76.5 Å². The van der Waals surface area contributed by atoms with Crippen molar-refractivity contribution in [3.05, 3.63) is 0 Å². The molecular formula is C17H34N2O2. The fraction of sp³-hybridized carbons (Fsp3) is 1.00. The number of aliphatic hydroxyl groups excluding tert-OH is 1. The lowest BCUT2D eigenvalue weighted by Gasteiger charge is -2.30. The molecule has 0 amide bonds. The van der Waals surface area contributed by atoms with Crippen LogP contribution in [0.4, 0.5) is 0 Å². The molecule has 21 heavy (non-hydrogen) atoms. The second-order valence-electron chi connectivity index (χ2n) is 7.12. The summed E-state index contributed by atoms with van der Waals surface area (Å²) >= 11 is 0. The maximum Gasteiger partial charge on any atom is 0.0702 e. The molecule has 2 fully saturated rings. The van der Waals surface area contributed by atoms with E-state index >= 15 is 0 Å². The van der Waals surface area contributed by atoms with Crippen molar-refractivity contribution in [1.82, 2.24) is 10.2 Å². The molecule has 1 aliphatic carbocycles. The Labute approximate surface area is 130 Å². The van der Waals surface area contributed by atoms with Crippen molar-refractivity contribution in [1.29, 1.82) is 0 Å². The molecule has 1 saturated carbocycles. The number of hydrogen-bond acceptors (Lipinski definition) is 4. The van der Waals surface area contributed by atoms with Gasteiger partial charge in [-0.1, -0.05) is 13.3 Å². The molecule has 124 valence electrons. The molecule has 2 N–H and O–H groups in total. The Morgan fingerprint density at radius 2 is 2.10 bits per heavy atom. The van der Waals surface area contributed by atoms with Gasteiger partial charge in [0.05, 0.1) is 12.7 Å². The molecule has 0 bridgehead atoms. The van der Waals surface area contributed by atoms with Crippen molar-refractivity contribution < 1.29 is 9.84 Å². The number of aliphatic hydroxyl groups is 1. The van der Waals surface area contributed by atoms with Gasteiger partial charge in [0, 0.05) is 24.7 Å². The summed E-state index contributed by atoms with van der Waals surface area (Å²) in [6, 6.07) is 0.661. The first-order chi connectivity index (χ1) is 10.1. The maximum absolute atomic E-state index is 9.62. The summed E-state index contributed by atoms with van der Waals surface area (Å²) in [7, 11) is 0. The summed E-state index contributed by atoms with van der Waals surface area (Å²) in [5.41, 5.74) is -0.0766. The lowest BCUT2D eigenvalue weighted by atomic mass is 9.95. The SMILES string of the molecule is CCN(CCCCC(C)(CO)NC1CC1)CC1CCCO1. The van der Waals surface area contributed by atoms with Crippen LogP contribution in [-0.2, 0) is 4.74 Å². The van der Waals surface area contributed by atoms with E-state index in [0.29, 0.717) is 12.1 Å². The number of rotatable bonds is 11. The Morgan fingerprint density at radius 3 is 2.67 bits per heavy atom. The lowest BCUT2D eigenvalue weighted by Crippen LogP contribution is -2.47. The van der Waals surface area contributed by atoms with Crippen molar-refractivity contribution in [2.24, 2.45) is 0 Å². The molecular weight excluding hydrogens is 264 g/mol. The van der Waals surface area contributed by atoms with Gasteiger partial charge in [-0.2, -0.15) is 0 Å². The van der Waals surface area contributed by atoms with E-state index in [4.69, 9.17) is 4.74 Å². The summed E-state index contributed by atoms with van der Waals surface area (Å²) in [6.07, 6.45) is 8.93. The highest BCUT2D eigenvalue weighted by molar-refractivity contribution is 4.92. The van der Waals surface area contributed by atoms with Gasteiger partial charge < -0.3 is 20.1 Å². The summed E-state index contributed by atoms with van der Waals surface area (Å²) in [6.45, 7) is 8.95. The number of unbranched alkanes of at least 4 members (excludes halogenated alkanes) is 1. The van der Waals surface area contributed by atoms with Gasteiger partial charge in [0.2, 0.25) is 0 Å². The monoisotopic (exact) mass is 298 g/mol. The summed E-state index contributed by atoms with van der Waals surface area (Å²) < 4.78 is 5.73. The van der Waals surface area contributed by atoms with Gasteiger partial charge in [-0.05, 0) is 58.5 Å². The molecule has 1 aliphatic heterocycles. The molecule has 2 aliphatic rings. The van der Waals surface area contributed by atoms with E-state index in [1.807, 2.05) is 0 Å². The fourth-order valence-electron chi connectivity index (χ4n) is 3.22. The second-order valence-corrected chi connectivity index (χ2v) is 7.12. The summed E-state index contributed by atoms with van der Waals surface area (Å²) in [5.74, 6) is 0. The highest BCUT2D eigenvalue weighted by Gasteiger charge is 2.31. The molecule has 0 radical (unpaired) electrons. The van der Waals surface area contributed by atoms with Crippen LogP contribution in [0.3, 0.4) is 0 Å². The van der Waals surface area contributed by atoms with E-state index < -0.39 is 0 Å². The molecule has 1 heterocycles. The standard InChI is InChI=1S/C17H34N2O2/c1-3-19(13-16-7-6-12-21-16)11-5-4-10-17(2,14-20)18-15-8-9-15/h15-16,18,20H,3-14H2,1-2H3. The normalized spacial score (nSPS) is 25.4. The zero-order chi connectivity index (χ0) is 15.1. The average molecular weight is 298 g/mol. The van der Waals surface area contributed by atoms with Crippen LogP contribution in [0.1, 0.15) is 58.8 Å². The first-order valence-electron chi connectivity index (χ1n) is 8.88. The average Bonchev–Trinajstić information content (AvgIpc) is 3.14. The van der Waals surface area contributed by atoms with Crippen molar-refractivity contribution in [2.75, 3.05) is 32.8 Å². The van der Waals surface area contributed by atoms with Crippen LogP contribution in [0, 0.1) is 0 Å². The molecule has 2 unspecified atom stereocenters. The van der Waals surface area contributed by atoms with Crippen LogP contribution in [0.25, 0.3) is 0 Å². The minimum absolute atomic E-state index is 0.0766.